The Morgan fingerprint density at radius 2 is 1.75 bits per heavy atom. The lowest BCUT2D eigenvalue weighted by molar-refractivity contribution is -0.128. The van der Waals surface area contributed by atoms with E-state index in [-0.39, 0.29) is 17.3 Å². The molecule has 0 unspecified atom stereocenters. The molecule has 28 heavy (non-hydrogen) atoms. The van der Waals surface area contributed by atoms with E-state index in [1.165, 1.54) is 0 Å². The molecule has 2 aromatic rings. The maximum absolute atomic E-state index is 12.7. The van der Waals surface area contributed by atoms with Crippen LogP contribution in [0, 0.1) is 13.8 Å². The number of aryl methyl sites for hydroxylation is 2. The third-order valence-corrected chi connectivity index (χ3v) is 6.56. The van der Waals surface area contributed by atoms with Gasteiger partial charge in [0.25, 0.3) is 0 Å². The van der Waals surface area contributed by atoms with Crippen LogP contribution in [0.1, 0.15) is 35.1 Å². The molecule has 0 aliphatic carbocycles. The van der Waals surface area contributed by atoms with Crippen molar-refractivity contribution in [2.75, 3.05) is 13.7 Å². The molecule has 2 aromatic carbocycles. The number of sulfonamides is 1. The highest BCUT2D eigenvalue weighted by Crippen LogP contribution is 2.25. The van der Waals surface area contributed by atoms with Crippen molar-refractivity contribution < 1.29 is 17.9 Å². The van der Waals surface area contributed by atoms with Crippen molar-refractivity contribution >= 4 is 15.9 Å². The topological polar surface area (TPSA) is 75.7 Å². The number of likely N-dealkylation sites (tertiary alicyclic amines) is 1. The summed E-state index contributed by atoms with van der Waals surface area (Å²) >= 11 is 0. The summed E-state index contributed by atoms with van der Waals surface area (Å²) < 4.78 is 33.3. The normalized spacial score (nSPS) is 14.5. The Morgan fingerprint density at radius 3 is 2.36 bits per heavy atom. The maximum atomic E-state index is 12.7. The zero-order valence-corrected chi connectivity index (χ0v) is 17.3. The van der Waals surface area contributed by atoms with Crippen LogP contribution >= 0.6 is 0 Å². The number of methoxy groups -OCH3 is 1. The fraction of sp³-hybridized carbons (Fsp3) is 0.381. The fourth-order valence-corrected chi connectivity index (χ4v) is 4.71. The average Bonchev–Trinajstić information content (AvgIpc) is 3.07. The minimum absolute atomic E-state index is 0.196. The van der Waals surface area contributed by atoms with Gasteiger partial charge in [-0.3, -0.25) is 4.79 Å². The van der Waals surface area contributed by atoms with Gasteiger partial charge < -0.3 is 9.64 Å². The average molecular weight is 403 g/mol. The molecule has 7 heteroatoms. The van der Waals surface area contributed by atoms with Gasteiger partial charge in [0, 0.05) is 26.1 Å². The highest BCUT2D eigenvalue weighted by atomic mass is 32.2. The smallest absolute Gasteiger partial charge is 0.241 e. The van der Waals surface area contributed by atoms with Gasteiger partial charge in [-0.1, -0.05) is 24.3 Å². The van der Waals surface area contributed by atoms with E-state index >= 15 is 0 Å². The van der Waals surface area contributed by atoms with E-state index in [9.17, 15) is 13.2 Å². The van der Waals surface area contributed by atoms with E-state index in [0.29, 0.717) is 24.3 Å². The van der Waals surface area contributed by atoms with Gasteiger partial charge in [0.1, 0.15) is 5.75 Å². The van der Waals surface area contributed by atoms with Crippen LogP contribution in [-0.4, -0.2) is 32.9 Å². The quantitative estimate of drug-likeness (QED) is 0.773. The predicted octanol–water partition coefficient (Wildman–Crippen LogP) is 2.91. The second-order valence-corrected chi connectivity index (χ2v) is 8.88. The first-order valence-corrected chi connectivity index (χ1v) is 10.8. The highest BCUT2D eigenvalue weighted by molar-refractivity contribution is 7.89. The molecule has 1 aliphatic heterocycles. The molecular formula is C21H26N2O4S. The molecule has 1 fully saturated rings. The monoisotopic (exact) mass is 402 g/mol. The van der Waals surface area contributed by atoms with E-state index in [1.807, 2.05) is 36.1 Å². The molecule has 0 atom stereocenters. The van der Waals surface area contributed by atoms with Crippen LogP contribution in [0.25, 0.3) is 0 Å². The van der Waals surface area contributed by atoms with Gasteiger partial charge in [-0.15, -0.1) is 0 Å². The molecule has 1 aliphatic rings. The molecule has 0 saturated carbocycles. The van der Waals surface area contributed by atoms with Crippen LogP contribution < -0.4 is 9.46 Å². The minimum Gasteiger partial charge on any atom is -0.496 e. The summed E-state index contributed by atoms with van der Waals surface area (Å²) in [5, 5.41) is 0. The zero-order chi connectivity index (χ0) is 20.3. The molecule has 1 heterocycles. The number of hydrogen-bond donors (Lipinski definition) is 1. The second kappa shape index (κ2) is 8.32. The lowest BCUT2D eigenvalue weighted by Crippen LogP contribution is -2.24. The number of nitrogens with zero attached hydrogens (tertiary/aromatic N) is 1. The Bertz CT molecular complexity index is 969. The molecule has 0 radical (unpaired) electrons. The van der Waals surface area contributed by atoms with Gasteiger partial charge in [-0.05, 0) is 54.7 Å². The fourth-order valence-electron chi connectivity index (χ4n) is 3.38. The number of benzene rings is 2. The molecule has 0 aromatic heterocycles. The van der Waals surface area contributed by atoms with Crippen LogP contribution in [0.5, 0.6) is 5.75 Å². The number of ether oxygens (including phenoxy) is 1. The van der Waals surface area contributed by atoms with Gasteiger partial charge in [0.05, 0.1) is 12.0 Å². The minimum atomic E-state index is -3.63. The van der Waals surface area contributed by atoms with Crippen molar-refractivity contribution in [1.82, 2.24) is 9.62 Å². The van der Waals surface area contributed by atoms with Crippen LogP contribution in [0.3, 0.4) is 0 Å². The largest absolute Gasteiger partial charge is 0.496 e. The summed E-state index contributed by atoms with van der Waals surface area (Å²) in [7, 11) is -2.06. The predicted molar refractivity (Wildman–Crippen MR) is 108 cm³/mol. The van der Waals surface area contributed by atoms with Gasteiger partial charge in [0.15, 0.2) is 0 Å². The highest BCUT2D eigenvalue weighted by Gasteiger charge is 2.20. The Balaban J connectivity index is 1.66. The Morgan fingerprint density at radius 1 is 1.07 bits per heavy atom. The van der Waals surface area contributed by atoms with Crippen molar-refractivity contribution in [3.63, 3.8) is 0 Å². The third-order valence-electron chi connectivity index (χ3n) is 5.02. The summed E-state index contributed by atoms with van der Waals surface area (Å²) in [6.07, 6.45) is 1.55. The number of carbonyl (C=O) groups is 1. The van der Waals surface area contributed by atoms with E-state index in [4.69, 9.17) is 4.74 Å². The van der Waals surface area contributed by atoms with Gasteiger partial charge in [-0.25, -0.2) is 13.1 Å². The lowest BCUT2D eigenvalue weighted by Gasteiger charge is -2.16. The lowest BCUT2D eigenvalue weighted by atomic mass is 10.1. The Labute approximate surface area is 166 Å². The van der Waals surface area contributed by atoms with E-state index in [2.05, 4.69) is 4.72 Å². The van der Waals surface area contributed by atoms with E-state index in [1.54, 1.807) is 26.2 Å². The number of nitrogens with one attached hydrogen (secondary N) is 1. The van der Waals surface area contributed by atoms with E-state index in [0.717, 1.165) is 29.7 Å². The summed E-state index contributed by atoms with van der Waals surface area (Å²) in [6.45, 7) is 5.19. The summed E-state index contributed by atoms with van der Waals surface area (Å²) in [6, 6.07) is 11.0. The number of rotatable bonds is 7. The van der Waals surface area contributed by atoms with Crippen LogP contribution in [0.15, 0.2) is 41.3 Å². The molecule has 1 N–H and O–H groups in total. The zero-order valence-electron chi connectivity index (χ0n) is 16.5. The van der Waals surface area contributed by atoms with Gasteiger partial charge in [0.2, 0.25) is 15.9 Å². The van der Waals surface area contributed by atoms with E-state index < -0.39 is 10.0 Å². The van der Waals surface area contributed by atoms with Crippen molar-refractivity contribution in [2.24, 2.45) is 0 Å². The van der Waals surface area contributed by atoms with Crippen molar-refractivity contribution in [3.8, 4) is 5.75 Å². The summed E-state index contributed by atoms with van der Waals surface area (Å²) in [4.78, 5) is 13.8. The SMILES string of the molecule is COc1cc(C)c(S(=O)(=O)NCc2ccc(CN3CCCC3=O)cc2)cc1C. The third kappa shape index (κ3) is 4.54. The molecule has 150 valence electrons. The Kier molecular flexibility index (Phi) is 6.05. The second-order valence-electron chi connectivity index (χ2n) is 7.15. The van der Waals surface area contributed by atoms with Gasteiger partial charge in [-0.2, -0.15) is 0 Å². The van der Waals surface area contributed by atoms with Crippen molar-refractivity contribution in [2.45, 2.75) is 44.7 Å². The number of carbonyl (C=O) groups excluding carboxylic acids is 1. The van der Waals surface area contributed by atoms with Crippen LogP contribution in [0.2, 0.25) is 0 Å². The van der Waals surface area contributed by atoms with Crippen molar-refractivity contribution in [3.05, 3.63) is 58.7 Å². The number of amides is 1. The molecule has 3 rings (SSSR count). The number of hydrogen-bond acceptors (Lipinski definition) is 4. The molecule has 1 amide bonds. The van der Waals surface area contributed by atoms with Crippen molar-refractivity contribution in [1.29, 1.82) is 0 Å². The first-order chi connectivity index (χ1) is 13.3. The molecule has 0 spiro atoms. The summed E-state index contributed by atoms with van der Waals surface area (Å²) in [5.41, 5.74) is 3.32. The van der Waals surface area contributed by atoms with Crippen LogP contribution in [0.4, 0.5) is 0 Å². The molecule has 0 bridgehead atoms. The van der Waals surface area contributed by atoms with Crippen LogP contribution in [-0.2, 0) is 27.9 Å². The first kappa shape index (κ1) is 20.4. The van der Waals surface area contributed by atoms with Gasteiger partial charge >= 0.3 is 0 Å². The maximum Gasteiger partial charge on any atom is 0.241 e. The molecular weight excluding hydrogens is 376 g/mol. The Hall–Kier alpha value is -2.38. The molecule has 1 saturated heterocycles. The molecule has 6 nitrogen and oxygen atoms in total. The summed E-state index contributed by atoms with van der Waals surface area (Å²) in [5.74, 6) is 0.866. The standard InChI is InChI=1S/C21H26N2O4S/c1-15-12-20(16(2)11-19(15)27-3)28(25,26)22-13-17-6-8-18(9-7-17)14-23-10-4-5-21(23)24/h6-9,11-12,22H,4-5,10,13-14H2,1-3H3. The first-order valence-electron chi connectivity index (χ1n) is 9.30.